The maximum atomic E-state index is 11.6. The smallest absolute Gasteiger partial charge is 0.438 e. The zero-order valence-electron chi connectivity index (χ0n) is 35.4. The first-order valence-electron chi connectivity index (χ1n) is 18.5. The van der Waals surface area contributed by atoms with Gasteiger partial charge in [-0.3, -0.25) is 9.63 Å². The van der Waals surface area contributed by atoms with Gasteiger partial charge in [0.15, 0.2) is 0 Å². The number of hydrogen-bond acceptors (Lipinski definition) is 23. The summed E-state index contributed by atoms with van der Waals surface area (Å²) in [6.07, 6.45) is 3.46. The van der Waals surface area contributed by atoms with Gasteiger partial charge in [0.25, 0.3) is 4.57 Å². The second kappa shape index (κ2) is 40.0. The van der Waals surface area contributed by atoms with Gasteiger partial charge in [0.1, 0.15) is 43.4 Å². The number of nitrogens with zero attached hydrogens (tertiary/aromatic N) is 8. The molecule has 0 aliphatic carbocycles. The van der Waals surface area contributed by atoms with Crippen LogP contribution in [0, 0.1) is 4.64 Å². The van der Waals surface area contributed by atoms with E-state index in [0.29, 0.717) is 44.5 Å². The molecule has 5 aromatic heterocycles. The number of aliphatic hydroxyl groups excluding tert-OH is 2. The fourth-order valence-corrected chi connectivity index (χ4v) is 7.26. The van der Waals surface area contributed by atoms with Crippen molar-refractivity contribution in [2.75, 3.05) is 44.2 Å². The summed E-state index contributed by atoms with van der Waals surface area (Å²) < 4.78 is 11.2. The van der Waals surface area contributed by atoms with Gasteiger partial charge in [0.05, 0.1) is 20.3 Å². The van der Waals surface area contributed by atoms with Crippen molar-refractivity contribution in [2.45, 2.75) is 14.0 Å². The number of benzene rings is 2. The van der Waals surface area contributed by atoms with Crippen LogP contribution in [0.5, 0.6) is 0 Å². The van der Waals surface area contributed by atoms with Crippen molar-refractivity contribution >= 4 is 175 Å². The predicted molar refractivity (Wildman–Crippen MR) is 283 cm³/mol. The number of halogens is 5. The number of aliphatic hydroxyl groups is 2. The van der Waals surface area contributed by atoms with Gasteiger partial charge in [-0.2, -0.15) is 12.6 Å². The molecule has 0 amide bonds. The summed E-state index contributed by atoms with van der Waals surface area (Å²) in [5.41, 5.74) is 2.57. The molecule has 0 radical (unpaired) electrons. The monoisotopic (exact) mass is 1180 g/mol. The van der Waals surface area contributed by atoms with Gasteiger partial charge >= 0.3 is 16.3 Å². The molecule has 7 aromatic rings. The highest BCUT2D eigenvalue weighted by molar-refractivity contribution is 8.77. The Hall–Kier alpha value is -3.61. The molecule has 19 nitrogen and oxygen atoms in total. The maximum absolute atomic E-state index is 11.6. The van der Waals surface area contributed by atoms with Crippen LogP contribution in [-0.4, -0.2) is 126 Å². The number of carbonyl (C=O) groups excluding carboxylic acids is 3. The fourth-order valence-electron chi connectivity index (χ4n) is 3.57. The SMILES string of the molecule is COC(=O)OC(Cl)(Cl)Cl.O=C(Cl)SCl.O=C(OCCSSc1ccccn1)On1nnc2ccccc21.OCCS.OCCSSc1ccccn1.On1nnc2ccccc21.S=c1cccc[nH]1. The number of pyridine rings is 3. The number of rotatable bonds is 11. The Bertz CT molecular complexity index is 2490. The molecule has 0 saturated carbocycles. The number of methoxy groups -OCH3 is 1. The molecule has 0 aliphatic rings. The molecule has 7 rings (SSSR count). The fraction of sp³-hybridized carbons (Fsp3) is 0.211. The summed E-state index contributed by atoms with van der Waals surface area (Å²) >= 11 is 28.1. The molecule has 0 saturated heterocycles. The van der Waals surface area contributed by atoms with Gasteiger partial charge in [-0.05, 0) is 150 Å². The lowest BCUT2D eigenvalue weighted by Gasteiger charge is -2.09. The molecule has 69 heavy (non-hydrogen) atoms. The van der Waals surface area contributed by atoms with Gasteiger partial charge in [-0.1, -0.05) is 86.0 Å². The Morgan fingerprint density at radius 1 is 0.768 bits per heavy atom. The molecule has 0 spiro atoms. The number of aromatic amines is 1. The van der Waals surface area contributed by atoms with Crippen LogP contribution in [0.25, 0.3) is 22.1 Å². The first kappa shape index (κ1) is 63.4. The van der Waals surface area contributed by atoms with E-state index < -0.39 is 20.9 Å². The number of hydrogen-bond donors (Lipinski definition) is 5. The zero-order chi connectivity index (χ0) is 51.1. The van der Waals surface area contributed by atoms with E-state index >= 15 is 0 Å². The molecule has 0 bridgehead atoms. The van der Waals surface area contributed by atoms with Crippen molar-refractivity contribution in [2.24, 2.45) is 0 Å². The van der Waals surface area contributed by atoms with Crippen molar-refractivity contribution < 1.29 is 48.9 Å². The largest absolute Gasteiger partial charge is 0.535 e. The second-order valence-electron chi connectivity index (χ2n) is 11.0. The summed E-state index contributed by atoms with van der Waals surface area (Å²) in [4.78, 5) is 49.1. The summed E-state index contributed by atoms with van der Waals surface area (Å²) in [6.45, 7) is 0.642. The van der Waals surface area contributed by atoms with E-state index in [1.165, 1.54) is 10.8 Å². The molecule has 374 valence electrons. The number of carbonyl (C=O) groups is 3. The summed E-state index contributed by atoms with van der Waals surface area (Å²) in [7, 11) is 12.6. The lowest BCUT2D eigenvalue weighted by atomic mass is 10.3. The molecule has 0 fully saturated rings. The molecule has 2 aromatic carbocycles. The molecule has 31 heteroatoms. The third-order valence-corrected chi connectivity index (χ3v) is 12.3. The van der Waals surface area contributed by atoms with Crippen LogP contribution in [0.1, 0.15) is 0 Å². The Kier molecular flexibility index (Phi) is 36.8. The second-order valence-corrected chi connectivity index (χ2v) is 20.5. The van der Waals surface area contributed by atoms with Crippen LogP contribution < -0.4 is 4.84 Å². The molecule has 0 unspecified atom stereocenters. The van der Waals surface area contributed by atoms with Crippen molar-refractivity contribution in [3.05, 3.63) is 126 Å². The van der Waals surface area contributed by atoms with Crippen molar-refractivity contribution in [1.82, 2.24) is 45.3 Å². The molecule has 4 N–H and O–H groups in total. The first-order valence-corrected chi connectivity index (χ1v) is 27.3. The van der Waals surface area contributed by atoms with Crippen LogP contribution in [0.4, 0.5) is 14.4 Å². The average Bonchev–Trinajstić information content (AvgIpc) is 3.95. The number of para-hydroxylation sites is 2. The van der Waals surface area contributed by atoms with Crippen molar-refractivity contribution in [3.8, 4) is 0 Å². The minimum atomic E-state index is -2.03. The number of H-pyrrole nitrogens is 1. The van der Waals surface area contributed by atoms with Crippen molar-refractivity contribution in [3.63, 3.8) is 0 Å². The zero-order valence-corrected chi connectivity index (χ0v) is 44.9. The van der Waals surface area contributed by atoms with E-state index in [0.717, 1.165) is 37.2 Å². The van der Waals surface area contributed by atoms with E-state index in [-0.39, 0.29) is 19.8 Å². The number of nitrogens with one attached hydrogen (secondary N) is 1. The predicted octanol–water partition coefficient (Wildman–Crippen LogP) is 11.3. The van der Waals surface area contributed by atoms with Crippen LogP contribution >= 0.6 is 136 Å². The molecular weight excluding hydrogens is 1140 g/mol. The number of thiol groups is 1. The summed E-state index contributed by atoms with van der Waals surface area (Å²) in [5.74, 6) is 1.94. The Morgan fingerprint density at radius 3 is 1.72 bits per heavy atom. The minimum Gasteiger partial charge on any atom is -0.438 e. The number of fused-ring (bicyclic) bond motifs is 2. The van der Waals surface area contributed by atoms with E-state index in [1.54, 1.807) is 69.0 Å². The van der Waals surface area contributed by atoms with Crippen LogP contribution in [0.2, 0.25) is 0 Å². The molecule has 0 atom stereocenters. The first-order chi connectivity index (χ1) is 33.2. The van der Waals surface area contributed by atoms with Gasteiger partial charge in [0.2, 0.25) is 0 Å². The highest BCUT2D eigenvalue weighted by atomic mass is 35.7. The Labute approximate surface area is 450 Å². The van der Waals surface area contributed by atoms with Crippen LogP contribution in [0.3, 0.4) is 0 Å². The third-order valence-electron chi connectivity index (χ3n) is 6.15. The van der Waals surface area contributed by atoms with E-state index in [1.807, 2.05) is 85.1 Å². The Morgan fingerprint density at radius 2 is 1.29 bits per heavy atom. The maximum Gasteiger partial charge on any atom is 0.535 e. The van der Waals surface area contributed by atoms with E-state index in [4.69, 9.17) is 82.7 Å². The van der Waals surface area contributed by atoms with Gasteiger partial charge in [0, 0.05) is 46.8 Å². The van der Waals surface area contributed by atoms with Gasteiger partial charge in [-0.25, -0.2) is 19.6 Å². The van der Waals surface area contributed by atoms with Crippen LogP contribution in [-0.2, 0) is 14.2 Å². The summed E-state index contributed by atoms with van der Waals surface area (Å²) in [5, 5.41) is 41.9. The number of alkyl halides is 3. The van der Waals surface area contributed by atoms with Crippen LogP contribution in [0.15, 0.2) is 132 Å². The standard InChI is InChI=1S/C14H12N4O3S2.C7H9NOS2.C6H5N3O.C5H5NS.C3H3Cl3O3.C2H6OS.CCl2OS/c19-14(20-9-10-22-23-13-7-3-4-8-15-13)21-18-12-6-2-1-5-11(12)16-17-18;9-5-6-10-11-7-3-1-2-4-8-7;10-9-6-4-2-1-3-5(6)7-8-9;7-5-3-1-2-4-6-5;1-8-2(7)9-3(4,5)6;3-1-2-4;2-1(4)5-3/h1-8H,9-10H2;1-4,9H,5-6H2;1-4,10H;1-4H,(H,6,7);1H3;3-4H,1-2H2;. The highest BCUT2D eigenvalue weighted by Gasteiger charge is 2.25. The molecule has 0 aliphatic heterocycles. The van der Waals surface area contributed by atoms with Crippen molar-refractivity contribution in [1.29, 1.82) is 0 Å². The quantitative estimate of drug-likeness (QED) is 0.00929. The lowest BCUT2D eigenvalue weighted by Crippen LogP contribution is -2.22. The number of ether oxygens (including phenoxy) is 3. The Balaban J connectivity index is 0.000000440. The van der Waals surface area contributed by atoms with Gasteiger partial charge < -0.3 is 34.6 Å². The normalized spacial score (nSPS) is 9.87. The highest BCUT2D eigenvalue weighted by Crippen LogP contribution is 2.29. The average molecular weight is 1180 g/mol. The van der Waals surface area contributed by atoms with Gasteiger partial charge in [-0.15, -0.1) is 10.2 Å². The molecular formula is C38H40Cl5N9O10S7. The number of aromatic nitrogens is 9. The van der Waals surface area contributed by atoms with E-state index in [2.05, 4.69) is 69.3 Å². The third kappa shape index (κ3) is 32.8. The summed E-state index contributed by atoms with van der Waals surface area (Å²) in [6, 6.07) is 31.5. The topological polar surface area (TPSA) is 252 Å². The lowest BCUT2D eigenvalue weighted by molar-refractivity contribution is 0.0434. The van der Waals surface area contributed by atoms with E-state index in [9.17, 15) is 14.4 Å². The molecule has 5 heterocycles. The minimum absolute atomic E-state index is 0.184.